The predicted octanol–water partition coefficient (Wildman–Crippen LogP) is 22.8. The number of rotatable bonds is 59. The fraction of sp³-hybridized carbons (Fsp3) is 0.685. The standard InChI is InChI=1S/C73H122O6/c1-4-7-10-13-16-19-22-25-26-27-28-29-30-31-32-33-34-35-36-37-38-39-40-41-42-43-44-45-46-49-51-54-57-60-63-66-72(75)78-69-70(79-73(76)67-64-61-58-55-52-48-24-21-18-15-12-9-6-3)68-77-71(74)65-62-59-56-53-50-47-23-20-17-14-11-8-5-2/h7,9-10,12,16,18-21,23,25-26,28-29,31-32,48,52,58,61,70H,4-6,8,11,13-15,17,22,24,27,30,33-47,49-51,53-57,59-60,62-69H2,1-3H3/b10-7-,12-9-,19-16-,21-18-,23-20-,26-25-,29-28-,32-31-,52-48-,61-58-. The molecule has 0 aromatic carbocycles. The Kier molecular flexibility index (Phi) is 62.8. The molecule has 0 rings (SSSR count). The SMILES string of the molecule is CC/C=C\C/C=C\C/C=C\C/C=C\C/C=C\CCCCCCCCCCCCCCCCCCCCCC(=O)OCC(COC(=O)CCCCCCC/C=C\CCCCCC)OC(=O)CC/C=C\C/C=C\C/C=C\C/C=C\CC. The molecule has 0 aromatic heterocycles. The summed E-state index contributed by atoms with van der Waals surface area (Å²) in [6, 6.07) is 0. The van der Waals surface area contributed by atoms with Crippen molar-refractivity contribution in [3.63, 3.8) is 0 Å². The molecule has 0 saturated heterocycles. The molecule has 0 N–H and O–H groups in total. The second kappa shape index (κ2) is 66.3. The van der Waals surface area contributed by atoms with Gasteiger partial charge in [-0.15, -0.1) is 0 Å². The van der Waals surface area contributed by atoms with Crippen molar-refractivity contribution in [2.75, 3.05) is 13.2 Å². The molecule has 0 heterocycles. The Morgan fingerprint density at radius 2 is 0.519 bits per heavy atom. The Labute approximate surface area is 488 Å². The van der Waals surface area contributed by atoms with E-state index in [2.05, 4.69) is 136 Å². The van der Waals surface area contributed by atoms with Gasteiger partial charge in [0.1, 0.15) is 13.2 Å². The van der Waals surface area contributed by atoms with E-state index in [0.717, 1.165) is 109 Å². The average Bonchev–Trinajstić information content (AvgIpc) is 3.45. The summed E-state index contributed by atoms with van der Waals surface area (Å²) in [7, 11) is 0. The molecule has 0 fully saturated rings. The molecule has 6 heteroatoms. The van der Waals surface area contributed by atoms with E-state index in [1.54, 1.807) is 0 Å². The minimum Gasteiger partial charge on any atom is -0.462 e. The van der Waals surface area contributed by atoms with Crippen molar-refractivity contribution in [3.05, 3.63) is 122 Å². The monoisotopic (exact) mass is 1090 g/mol. The van der Waals surface area contributed by atoms with Crippen LogP contribution in [0.1, 0.15) is 303 Å². The van der Waals surface area contributed by atoms with Crippen LogP contribution in [0, 0.1) is 0 Å². The molecule has 1 unspecified atom stereocenters. The lowest BCUT2D eigenvalue weighted by atomic mass is 10.0. The molecule has 0 saturated carbocycles. The Balaban J connectivity index is 4.13. The molecule has 79 heavy (non-hydrogen) atoms. The van der Waals surface area contributed by atoms with Crippen LogP contribution in [-0.4, -0.2) is 37.2 Å². The summed E-state index contributed by atoms with van der Waals surface area (Å²) < 4.78 is 16.8. The highest BCUT2D eigenvalue weighted by Gasteiger charge is 2.19. The van der Waals surface area contributed by atoms with Crippen LogP contribution in [0.2, 0.25) is 0 Å². The van der Waals surface area contributed by atoms with Crippen LogP contribution in [0.3, 0.4) is 0 Å². The Hall–Kier alpha value is -4.19. The van der Waals surface area contributed by atoms with Gasteiger partial charge in [0.05, 0.1) is 0 Å². The van der Waals surface area contributed by atoms with Gasteiger partial charge in [0.25, 0.3) is 0 Å². The van der Waals surface area contributed by atoms with Crippen molar-refractivity contribution in [2.45, 2.75) is 309 Å². The summed E-state index contributed by atoms with van der Waals surface area (Å²) in [4.78, 5) is 38.2. The van der Waals surface area contributed by atoms with Gasteiger partial charge in [-0.05, 0) is 116 Å². The molecular weight excluding hydrogens is 973 g/mol. The lowest BCUT2D eigenvalue weighted by molar-refractivity contribution is -0.166. The number of allylic oxidation sites excluding steroid dienone is 20. The lowest BCUT2D eigenvalue weighted by Gasteiger charge is -2.18. The highest BCUT2D eigenvalue weighted by molar-refractivity contribution is 5.71. The van der Waals surface area contributed by atoms with E-state index in [1.807, 2.05) is 6.08 Å². The summed E-state index contributed by atoms with van der Waals surface area (Å²) >= 11 is 0. The van der Waals surface area contributed by atoms with Crippen molar-refractivity contribution in [2.24, 2.45) is 0 Å². The van der Waals surface area contributed by atoms with Gasteiger partial charge in [-0.2, -0.15) is 0 Å². The number of unbranched alkanes of at least 4 members (excludes halogenated alkanes) is 28. The first-order valence-corrected chi connectivity index (χ1v) is 33.0. The predicted molar refractivity (Wildman–Crippen MR) is 343 cm³/mol. The van der Waals surface area contributed by atoms with E-state index in [4.69, 9.17) is 14.2 Å². The van der Waals surface area contributed by atoms with Gasteiger partial charge in [0.2, 0.25) is 0 Å². The lowest BCUT2D eigenvalue weighted by Crippen LogP contribution is -2.30. The summed E-state index contributed by atoms with van der Waals surface area (Å²) in [6.45, 7) is 6.34. The molecule has 0 bridgehead atoms. The molecular formula is C73H122O6. The first kappa shape index (κ1) is 74.8. The Bertz CT molecular complexity index is 1640. The summed E-state index contributed by atoms with van der Waals surface area (Å²) in [5.41, 5.74) is 0. The maximum Gasteiger partial charge on any atom is 0.306 e. The zero-order chi connectivity index (χ0) is 57.1. The third-order valence-electron chi connectivity index (χ3n) is 13.9. The van der Waals surface area contributed by atoms with E-state index in [9.17, 15) is 14.4 Å². The molecule has 0 radical (unpaired) electrons. The number of hydrogen-bond donors (Lipinski definition) is 0. The maximum absolute atomic E-state index is 12.8. The van der Waals surface area contributed by atoms with Crippen molar-refractivity contribution < 1.29 is 28.6 Å². The van der Waals surface area contributed by atoms with E-state index in [0.29, 0.717) is 19.3 Å². The van der Waals surface area contributed by atoms with Crippen LogP contribution in [0.25, 0.3) is 0 Å². The van der Waals surface area contributed by atoms with Gasteiger partial charge in [0, 0.05) is 19.3 Å². The zero-order valence-corrected chi connectivity index (χ0v) is 51.6. The van der Waals surface area contributed by atoms with Gasteiger partial charge in [0.15, 0.2) is 6.10 Å². The molecule has 0 aliphatic heterocycles. The van der Waals surface area contributed by atoms with Crippen molar-refractivity contribution in [1.29, 1.82) is 0 Å². The first-order valence-electron chi connectivity index (χ1n) is 33.0. The number of carbonyl (C=O) groups excluding carboxylic acids is 3. The zero-order valence-electron chi connectivity index (χ0n) is 51.6. The van der Waals surface area contributed by atoms with Crippen molar-refractivity contribution >= 4 is 17.9 Å². The molecule has 6 nitrogen and oxygen atoms in total. The molecule has 0 aliphatic carbocycles. The van der Waals surface area contributed by atoms with Crippen LogP contribution in [-0.2, 0) is 28.6 Å². The minimum atomic E-state index is -0.819. The third kappa shape index (κ3) is 64.5. The minimum absolute atomic E-state index is 0.108. The highest BCUT2D eigenvalue weighted by Crippen LogP contribution is 2.17. The molecule has 0 aromatic rings. The summed E-state index contributed by atoms with van der Waals surface area (Å²) in [6.07, 6.45) is 92.5. The number of esters is 3. The topological polar surface area (TPSA) is 78.9 Å². The Morgan fingerprint density at radius 1 is 0.266 bits per heavy atom. The van der Waals surface area contributed by atoms with E-state index >= 15 is 0 Å². The third-order valence-corrected chi connectivity index (χ3v) is 13.9. The Morgan fingerprint density at radius 3 is 0.835 bits per heavy atom. The highest BCUT2D eigenvalue weighted by atomic mass is 16.6. The number of carbonyl (C=O) groups is 3. The molecule has 450 valence electrons. The largest absolute Gasteiger partial charge is 0.462 e. The van der Waals surface area contributed by atoms with Crippen LogP contribution < -0.4 is 0 Å². The fourth-order valence-electron chi connectivity index (χ4n) is 9.07. The number of ether oxygens (including phenoxy) is 3. The molecule has 1 atom stereocenters. The fourth-order valence-corrected chi connectivity index (χ4v) is 9.07. The van der Waals surface area contributed by atoms with Crippen molar-refractivity contribution in [3.8, 4) is 0 Å². The van der Waals surface area contributed by atoms with E-state index in [1.165, 1.54) is 148 Å². The summed E-state index contributed by atoms with van der Waals surface area (Å²) in [5, 5.41) is 0. The van der Waals surface area contributed by atoms with Crippen molar-refractivity contribution in [1.82, 2.24) is 0 Å². The first-order chi connectivity index (χ1) is 39.0. The van der Waals surface area contributed by atoms with Gasteiger partial charge in [-0.3, -0.25) is 14.4 Å². The van der Waals surface area contributed by atoms with E-state index < -0.39 is 12.1 Å². The molecule has 0 amide bonds. The molecule has 0 spiro atoms. The van der Waals surface area contributed by atoms with Crippen LogP contribution in [0.4, 0.5) is 0 Å². The van der Waals surface area contributed by atoms with Gasteiger partial charge >= 0.3 is 17.9 Å². The maximum atomic E-state index is 12.8. The van der Waals surface area contributed by atoms with Crippen LogP contribution in [0.5, 0.6) is 0 Å². The number of hydrogen-bond acceptors (Lipinski definition) is 6. The van der Waals surface area contributed by atoms with Crippen LogP contribution in [0.15, 0.2) is 122 Å². The van der Waals surface area contributed by atoms with Gasteiger partial charge < -0.3 is 14.2 Å². The molecule has 0 aliphatic rings. The smallest absolute Gasteiger partial charge is 0.306 e. The van der Waals surface area contributed by atoms with Crippen LogP contribution >= 0.6 is 0 Å². The second-order valence-corrected chi connectivity index (χ2v) is 21.6. The second-order valence-electron chi connectivity index (χ2n) is 21.6. The van der Waals surface area contributed by atoms with E-state index in [-0.39, 0.29) is 31.6 Å². The quantitative estimate of drug-likeness (QED) is 0.0261. The summed E-state index contributed by atoms with van der Waals surface area (Å²) in [5.74, 6) is -0.993. The average molecular weight is 1100 g/mol. The van der Waals surface area contributed by atoms with Gasteiger partial charge in [-0.1, -0.05) is 290 Å². The van der Waals surface area contributed by atoms with Gasteiger partial charge in [-0.25, -0.2) is 0 Å². The normalized spacial score (nSPS) is 12.9.